The average molecular weight is 238 g/mol. The van der Waals surface area contributed by atoms with E-state index in [1.54, 1.807) is 0 Å². The van der Waals surface area contributed by atoms with Gasteiger partial charge >= 0.3 is 0 Å². The topological polar surface area (TPSA) is 15.3 Å². The molecule has 1 N–H and O–H groups in total. The lowest BCUT2D eigenvalue weighted by Gasteiger charge is -2.36. The van der Waals surface area contributed by atoms with Crippen LogP contribution in [0.3, 0.4) is 0 Å². The predicted octanol–water partition coefficient (Wildman–Crippen LogP) is 3.17. The summed E-state index contributed by atoms with van der Waals surface area (Å²) in [6.45, 7) is 8.44. The van der Waals surface area contributed by atoms with E-state index in [4.69, 9.17) is 0 Å². The highest BCUT2D eigenvalue weighted by atomic mass is 15.2. The highest BCUT2D eigenvalue weighted by Gasteiger charge is 2.28. The quantitative estimate of drug-likeness (QED) is 0.755. The van der Waals surface area contributed by atoms with E-state index >= 15 is 0 Å². The van der Waals surface area contributed by atoms with Crippen LogP contribution in [0.25, 0.3) is 0 Å². The van der Waals surface area contributed by atoms with Crippen LogP contribution in [0.1, 0.15) is 65.2 Å². The second-order valence-corrected chi connectivity index (χ2v) is 6.63. The van der Waals surface area contributed by atoms with Crippen LogP contribution < -0.4 is 5.32 Å². The largest absolute Gasteiger partial charge is 0.310 e. The summed E-state index contributed by atoms with van der Waals surface area (Å²) in [5, 5.41) is 3.68. The first kappa shape index (κ1) is 13.4. The maximum Gasteiger partial charge on any atom is 0.0252 e. The molecular formula is C15H30N2. The number of hydrogen-bond donors (Lipinski definition) is 1. The Morgan fingerprint density at radius 3 is 2.29 bits per heavy atom. The fourth-order valence-corrected chi connectivity index (χ4v) is 3.46. The van der Waals surface area contributed by atoms with Crippen LogP contribution in [0.2, 0.25) is 0 Å². The molecule has 0 aromatic rings. The van der Waals surface area contributed by atoms with E-state index < -0.39 is 0 Å². The molecule has 1 aliphatic carbocycles. The van der Waals surface area contributed by atoms with Gasteiger partial charge in [0.1, 0.15) is 0 Å². The van der Waals surface area contributed by atoms with Crippen LogP contribution in [-0.4, -0.2) is 36.1 Å². The molecule has 2 rings (SSSR count). The Hall–Kier alpha value is -0.0800. The summed E-state index contributed by atoms with van der Waals surface area (Å²) in [7, 11) is 0. The van der Waals surface area contributed by atoms with Crippen LogP contribution >= 0.6 is 0 Å². The van der Waals surface area contributed by atoms with Gasteiger partial charge in [-0.15, -0.1) is 0 Å². The molecule has 0 spiro atoms. The first-order chi connectivity index (χ1) is 8.17. The third-order valence-corrected chi connectivity index (χ3v) is 4.42. The molecule has 1 saturated heterocycles. The predicted molar refractivity (Wildman–Crippen MR) is 74.4 cm³/mol. The SMILES string of the molecule is CC1(C)CN(C2CCCCCCC2)CCCN1. The number of nitrogens with zero attached hydrogens (tertiary/aromatic N) is 1. The summed E-state index contributed by atoms with van der Waals surface area (Å²) < 4.78 is 0. The van der Waals surface area contributed by atoms with Gasteiger partial charge in [-0.05, 0) is 46.2 Å². The summed E-state index contributed by atoms with van der Waals surface area (Å²) in [5.41, 5.74) is 0.304. The van der Waals surface area contributed by atoms with E-state index in [1.807, 2.05) is 0 Å². The fourth-order valence-electron chi connectivity index (χ4n) is 3.46. The number of rotatable bonds is 1. The summed E-state index contributed by atoms with van der Waals surface area (Å²) in [6, 6.07) is 0.870. The maximum atomic E-state index is 3.68. The normalized spacial score (nSPS) is 29.3. The lowest BCUT2D eigenvalue weighted by atomic mass is 9.94. The molecular weight excluding hydrogens is 208 g/mol. The Morgan fingerprint density at radius 1 is 0.941 bits per heavy atom. The van der Waals surface area contributed by atoms with Crippen molar-refractivity contribution in [3.05, 3.63) is 0 Å². The van der Waals surface area contributed by atoms with Gasteiger partial charge in [0.2, 0.25) is 0 Å². The van der Waals surface area contributed by atoms with Gasteiger partial charge in [-0.3, -0.25) is 4.90 Å². The molecule has 0 amide bonds. The molecule has 0 unspecified atom stereocenters. The van der Waals surface area contributed by atoms with Gasteiger partial charge in [0.25, 0.3) is 0 Å². The fraction of sp³-hybridized carbons (Fsp3) is 1.00. The van der Waals surface area contributed by atoms with E-state index in [9.17, 15) is 0 Å². The summed E-state index contributed by atoms with van der Waals surface area (Å²) in [4.78, 5) is 2.78. The Bertz CT molecular complexity index is 217. The van der Waals surface area contributed by atoms with Crippen molar-refractivity contribution in [1.82, 2.24) is 10.2 Å². The van der Waals surface area contributed by atoms with Gasteiger partial charge in [-0.25, -0.2) is 0 Å². The van der Waals surface area contributed by atoms with Crippen LogP contribution in [0.5, 0.6) is 0 Å². The Morgan fingerprint density at radius 2 is 1.59 bits per heavy atom. The molecule has 1 saturated carbocycles. The number of hydrogen-bond acceptors (Lipinski definition) is 2. The molecule has 17 heavy (non-hydrogen) atoms. The highest BCUT2D eigenvalue weighted by molar-refractivity contribution is 4.88. The van der Waals surface area contributed by atoms with Gasteiger partial charge in [0, 0.05) is 18.1 Å². The second-order valence-electron chi connectivity index (χ2n) is 6.63. The Labute approximate surface area is 107 Å². The molecule has 2 aliphatic rings. The molecule has 2 fully saturated rings. The van der Waals surface area contributed by atoms with Crippen molar-refractivity contribution in [3.8, 4) is 0 Å². The molecule has 2 heteroatoms. The van der Waals surface area contributed by atoms with Crippen LogP contribution in [0, 0.1) is 0 Å². The monoisotopic (exact) mass is 238 g/mol. The van der Waals surface area contributed by atoms with Gasteiger partial charge in [0.15, 0.2) is 0 Å². The van der Waals surface area contributed by atoms with E-state index in [0.717, 1.165) is 6.04 Å². The lowest BCUT2D eigenvalue weighted by molar-refractivity contribution is 0.144. The van der Waals surface area contributed by atoms with Crippen molar-refractivity contribution >= 4 is 0 Å². The van der Waals surface area contributed by atoms with Crippen LogP contribution in [0.15, 0.2) is 0 Å². The van der Waals surface area contributed by atoms with Gasteiger partial charge in [-0.2, -0.15) is 0 Å². The first-order valence-electron chi connectivity index (χ1n) is 7.66. The molecule has 0 bridgehead atoms. The minimum absolute atomic E-state index is 0.304. The number of nitrogens with one attached hydrogen (secondary N) is 1. The maximum absolute atomic E-state index is 3.68. The lowest BCUT2D eigenvalue weighted by Crippen LogP contribution is -2.49. The molecule has 0 aromatic carbocycles. The summed E-state index contributed by atoms with van der Waals surface area (Å²) in [5.74, 6) is 0. The zero-order valence-electron chi connectivity index (χ0n) is 11.8. The smallest absolute Gasteiger partial charge is 0.0252 e. The zero-order valence-corrected chi connectivity index (χ0v) is 11.8. The van der Waals surface area contributed by atoms with E-state index in [1.165, 1.54) is 71.0 Å². The Balaban J connectivity index is 1.93. The van der Waals surface area contributed by atoms with Crippen molar-refractivity contribution in [1.29, 1.82) is 0 Å². The van der Waals surface area contributed by atoms with Crippen molar-refractivity contribution in [3.63, 3.8) is 0 Å². The molecule has 1 heterocycles. The molecule has 0 atom stereocenters. The second kappa shape index (κ2) is 6.19. The summed E-state index contributed by atoms with van der Waals surface area (Å²) >= 11 is 0. The molecule has 0 aromatic heterocycles. The van der Waals surface area contributed by atoms with Crippen molar-refractivity contribution in [2.45, 2.75) is 76.8 Å². The highest BCUT2D eigenvalue weighted by Crippen LogP contribution is 2.24. The third kappa shape index (κ3) is 4.26. The minimum atomic E-state index is 0.304. The van der Waals surface area contributed by atoms with Crippen LogP contribution in [0.4, 0.5) is 0 Å². The zero-order chi connectivity index (χ0) is 12.1. The van der Waals surface area contributed by atoms with Gasteiger partial charge in [0.05, 0.1) is 0 Å². The summed E-state index contributed by atoms with van der Waals surface area (Å²) in [6.07, 6.45) is 11.5. The van der Waals surface area contributed by atoms with E-state index in [2.05, 4.69) is 24.1 Å². The van der Waals surface area contributed by atoms with E-state index in [-0.39, 0.29) is 0 Å². The average Bonchev–Trinajstić information content (AvgIpc) is 2.38. The van der Waals surface area contributed by atoms with Gasteiger partial charge < -0.3 is 5.32 Å². The van der Waals surface area contributed by atoms with E-state index in [0.29, 0.717) is 5.54 Å². The molecule has 0 radical (unpaired) electrons. The molecule has 100 valence electrons. The van der Waals surface area contributed by atoms with Crippen molar-refractivity contribution < 1.29 is 0 Å². The molecule has 1 aliphatic heterocycles. The van der Waals surface area contributed by atoms with Crippen molar-refractivity contribution in [2.75, 3.05) is 19.6 Å². The molecule has 2 nitrogen and oxygen atoms in total. The third-order valence-electron chi connectivity index (χ3n) is 4.42. The van der Waals surface area contributed by atoms with Crippen molar-refractivity contribution in [2.24, 2.45) is 0 Å². The van der Waals surface area contributed by atoms with Gasteiger partial charge in [-0.1, -0.05) is 32.1 Å². The first-order valence-corrected chi connectivity index (χ1v) is 7.66. The Kier molecular flexibility index (Phi) is 4.87. The minimum Gasteiger partial charge on any atom is -0.310 e. The van der Waals surface area contributed by atoms with Crippen LogP contribution in [-0.2, 0) is 0 Å². The standard InChI is InChI=1S/C15H30N2/c1-15(2)13-17(12-8-11-16-15)14-9-6-4-3-5-7-10-14/h14,16H,3-13H2,1-2H3.